The highest BCUT2D eigenvalue weighted by Crippen LogP contribution is 2.31. The van der Waals surface area contributed by atoms with E-state index in [0.717, 1.165) is 28.8 Å². The van der Waals surface area contributed by atoms with Crippen LogP contribution < -0.4 is 10.5 Å². The molecule has 0 spiro atoms. The third kappa shape index (κ3) is 2.09. The Labute approximate surface area is 117 Å². The van der Waals surface area contributed by atoms with E-state index in [1.165, 1.54) is 5.56 Å². The van der Waals surface area contributed by atoms with Crippen LogP contribution in [0.2, 0.25) is 0 Å². The van der Waals surface area contributed by atoms with Crippen LogP contribution >= 0.6 is 0 Å². The van der Waals surface area contributed by atoms with Crippen LogP contribution in [0.15, 0.2) is 40.8 Å². The molecule has 0 aliphatic rings. The first-order chi connectivity index (χ1) is 9.71. The lowest BCUT2D eigenvalue weighted by Crippen LogP contribution is -1.92. The van der Waals surface area contributed by atoms with Gasteiger partial charge in [-0.3, -0.25) is 0 Å². The second-order valence-corrected chi connectivity index (χ2v) is 4.63. The molecule has 4 heteroatoms. The Morgan fingerprint density at radius 2 is 2.05 bits per heavy atom. The number of oxazole rings is 1. The van der Waals surface area contributed by atoms with Gasteiger partial charge in [0, 0.05) is 11.8 Å². The van der Waals surface area contributed by atoms with Gasteiger partial charge in [-0.15, -0.1) is 0 Å². The van der Waals surface area contributed by atoms with E-state index < -0.39 is 0 Å². The van der Waals surface area contributed by atoms with Gasteiger partial charge < -0.3 is 14.9 Å². The van der Waals surface area contributed by atoms with E-state index in [2.05, 4.69) is 18.0 Å². The summed E-state index contributed by atoms with van der Waals surface area (Å²) in [6.45, 7) is 2.11. The summed E-state index contributed by atoms with van der Waals surface area (Å²) in [6.07, 6.45) is 0.975. The number of hydrogen-bond acceptors (Lipinski definition) is 4. The lowest BCUT2D eigenvalue weighted by atomic mass is 10.1. The number of anilines is 1. The van der Waals surface area contributed by atoms with Crippen molar-refractivity contribution in [3.05, 3.63) is 42.0 Å². The summed E-state index contributed by atoms with van der Waals surface area (Å²) < 4.78 is 10.9. The van der Waals surface area contributed by atoms with Gasteiger partial charge in [-0.25, -0.2) is 4.98 Å². The molecule has 3 rings (SSSR count). The van der Waals surface area contributed by atoms with E-state index in [4.69, 9.17) is 14.9 Å². The van der Waals surface area contributed by atoms with Crippen molar-refractivity contribution in [3.8, 4) is 17.2 Å². The summed E-state index contributed by atoms with van der Waals surface area (Å²) in [5.74, 6) is 1.25. The van der Waals surface area contributed by atoms with Gasteiger partial charge in [0.25, 0.3) is 0 Å². The Morgan fingerprint density at radius 3 is 2.75 bits per heavy atom. The van der Waals surface area contributed by atoms with E-state index in [9.17, 15) is 0 Å². The minimum Gasteiger partial charge on any atom is -0.497 e. The fourth-order valence-electron chi connectivity index (χ4n) is 2.17. The first kappa shape index (κ1) is 12.5. The first-order valence-electron chi connectivity index (χ1n) is 6.54. The summed E-state index contributed by atoms with van der Waals surface area (Å²) in [7, 11) is 1.61. The Hall–Kier alpha value is -2.49. The molecular formula is C16H16N2O2. The Balaban J connectivity index is 2.10. The van der Waals surface area contributed by atoms with Crippen molar-refractivity contribution >= 4 is 16.8 Å². The van der Waals surface area contributed by atoms with Crippen molar-refractivity contribution in [1.29, 1.82) is 0 Å². The lowest BCUT2D eigenvalue weighted by molar-refractivity contribution is 0.415. The topological polar surface area (TPSA) is 61.3 Å². The molecule has 20 heavy (non-hydrogen) atoms. The van der Waals surface area contributed by atoms with Crippen LogP contribution in [0.4, 0.5) is 5.69 Å². The van der Waals surface area contributed by atoms with E-state index in [-0.39, 0.29) is 0 Å². The molecule has 0 saturated carbocycles. The minimum atomic E-state index is 0.536. The molecule has 2 aromatic carbocycles. The molecule has 0 aliphatic heterocycles. The number of rotatable bonds is 3. The molecule has 0 atom stereocenters. The van der Waals surface area contributed by atoms with E-state index in [1.807, 2.05) is 24.3 Å². The molecule has 0 saturated heterocycles. The molecule has 0 amide bonds. The zero-order chi connectivity index (χ0) is 14.1. The highest BCUT2D eigenvalue weighted by molar-refractivity contribution is 5.80. The molecule has 4 nitrogen and oxygen atoms in total. The standard InChI is InChI=1S/C16H16N2O2/c1-3-10-4-7-15-14(8-10)18-16(20-15)12-6-5-11(19-2)9-13(12)17/h4-9H,3,17H2,1-2H3. The van der Waals surface area contributed by atoms with Crippen molar-refractivity contribution in [2.24, 2.45) is 0 Å². The predicted molar refractivity (Wildman–Crippen MR) is 79.8 cm³/mol. The van der Waals surface area contributed by atoms with Crippen molar-refractivity contribution in [2.75, 3.05) is 12.8 Å². The van der Waals surface area contributed by atoms with Crippen molar-refractivity contribution < 1.29 is 9.15 Å². The Morgan fingerprint density at radius 1 is 1.20 bits per heavy atom. The summed E-state index contributed by atoms with van der Waals surface area (Å²) in [6, 6.07) is 11.5. The smallest absolute Gasteiger partial charge is 0.229 e. The van der Waals surface area contributed by atoms with Crippen molar-refractivity contribution in [1.82, 2.24) is 4.98 Å². The van der Waals surface area contributed by atoms with Crippen LogP contribution in [0, 0.1) is 0 Å². The number of hydrogen-bond donors (Lipinski definition) is 1. The molecule has 0 bridgehead atoms. The molecule has 0 unspecified atom stereocenters. The molecule has 102 valence electrons. The van der Waals surface area contributed by atoms with Gasteiger partial charge in [0.05, 0.1) is 12.7 Å². The van der Waals surface area contributed by atoms with Gasteiger partial charge in [0.2, 0.25) is 5.89 Å². The highest BCUT2D eigenvalue weighted by Gasteiger charge is 2.12. The van der Waals surface area contributed by atoms with E-state index >= 15 is 0 Å². The summed E-state index contributed by atoms with van der Waals surface area (Å²) >= 11 is 0. The Bertz CT molecular complexity index is 762. The van der Waals surface area contributed by atoms with Crippen LogP contribution in [-0.2, 0) is 6.42 Å². The maximum Gasteiger partial charge on any atom is 0.229 e. The molecule has 2 N–H and O–H groups in total. The normalized spacial score (nSPS) is 10.9. The maximum absolute atomic E-state index is 6.03. The summed E-state index contributed by atoms with van der Waals surface area (Å²) in [5, 5.41) is 0. The third-order valence-electron chi connectivity index (χ3n) is 3.35. The maximum atomic E-state index is 6.03. The monoisotopic (exact) mass is 268 g/mol. The van der Waals surface area contributed by atoms with Crippen LogP contribution in [-0.4, -0.2) is 12.1 Å². The SMILES string of the molecule is CCc1ccc2oc(-c3ccc(OC)cc3N)nc2c1. The molecule has 1 aromatic heterocycles. The van der Waals surface area contributed by atoms with Gasteiger partial charge in [0.1, 0.15) is 11.3 Å². The number of aryl methyl sites for hydroxylation is 1. The zero-order valence-electron chi connectivity index (χ0n) is 11.5. The van der Waals surface area contributed by atoms with Gasteiger partial charge in [-0.1, -0.05) is 13.0 Å². The number of nitrogens with two attached hydrogens (primary N) is 1. The number of aromatic nitrogens is 1. The molecule has 1 heterocycles. The molecular weight excluding hydrogens is 252 g/mol. The lowest BCUT2D eigenvalue weighted by Gasteiger charge is -2.04. The van der Waals surface area contributed by atoms with E-state index in [1.54, 1.807) is 13.2 Å². The molecule has 0 radical (unpaired) electrons. The van der Waals surface area contributed by atoms with Crippen LogP contribution in [0.1, 0.15) is 12.5 Å². The number of fused-ring (bicyclic) bond motifs is 1. The average Bonchev–Trinajstić information content (AvgIpc) is 2.89. The van der Waals surface area contributed by atoms with Gasteiger partial charge in [0.15, 0.2) is 5.58 Å². The fraction of sp³-hybridized carbons (Fsp3) is 0.188. The summed E-state index contributed by atoms with van der Waals surface area (Å²) in [4.78, 5) is 4.52. The third-order valence-corrected chi connectivity index (χ3v) is 3.35. The van der Waals surface area contributed by atoms with Gasteiger partial charge in [-0.05, 0) is 36.2 Å². The predicted octanol–water partition coefficient (Wildman–Crippen LogP) is 3.65. The average molecular weight is 268 g/mol. The molecule has 3 aromatic rings. The fourth-order valence-corrected chi connectivity index (χ4v) is 2.17. The second-order valence-electron chi connectivity index (χ2n) is 4.63. The number of methoxy groups -OCH3 is 1. The van der Waals surface area contributed by atoms with Gasteiger partial charge in [-0.2, -0.15) is 0 Å². The highest BCUT2D eigenvalue weighted by atomic mass is 16.5. The molecule has 0 aliphatic carbocycles. The van der Waals surface area contributed by atoms with Crippen LogP contribution in [0.5, 0.6) is 5.75 Å². The number of nitrogen functional groups attached to an aromatic ring is 1. The number of benzene rings is 2. The largest absolute Gasteiger partial charge is 0.497 e. The van der Waals surface area contributed by atoms with Crippen LogP contribution in [0.25, 0.3) is 22.6 Å². The quantitative estimate of drug-likeness (QED) is 0.736. The number of ether oxygens (including phenoxy) is 1. The van der Waals surface area contributed by atoms with Crippen molar-refractivity contribution in [3.63, 3.8) is 0 Å². The molecule has 0 fully saturated rings. The second kappa shape index (κ2) is 4.89. The first-order valence-corrected chi connectivity index (χ1v) is 6.54. The number of nitrogens with zero attached hydrogens (tertiary/aromatic N) is 1. The summed E-state index contributed by atoms with van der Waals surface area (Å²) in [5.41, 5.74) is 10.3. The Kier molecular flexibility index (Phi) is 3.06. The van der Waals surface area contributed by atoms with E-state index in [0.29, 0.717) is 11.6 Å². The minimum absolute atomic E-state index is 0.536. The van der Waals surface area contributed by atoms with Crippen LogP contribution in [0.3, 0.4) is 0 Å². The van der Waals surface area contributed by atoms with Crippen molar-refractivity contribution in [2.45, 2.75) is 13.3 Å². The zero-order valence-corrected chi connectivity index (χ0v) is 11.5. The van der Waals surface area contributed by atoms with Gasteiger partial charge >= 0.3 is 0 Å².